The van der Waals surface area contributed by atoms with E-state index in [1.54, 1.807) is 6.33 Å². The van der Waals surface area contributed by atoms with Gasteiger partial charge in [0.1, 0.15) is 18.9 Å². The third-order valence-electron chi connectivity index (χ3n) is 4.26. The molecule has 1 N–H and O–H groups in total. The normalized spacial score (nSPS) is 13.1. The molecule has 1 aliphatic rings. The molecule has 0 bridgehead atoms. The summed E-state index contributed by atoms with van der Waals surface area (Å²) in [5.41, 5.74) is 2.90. The second kappa shape index (κ2) is 6.12. The summed E-state index contributed by atoms with van der Waals surface area (Å²) < 4.78 is 13.2. The van der Waals surface area contributed by atoms with Crippen molar-refractivity contribution in [1.29, 1.82) is 0 Å². The topological polar surface area (TPSA) is 81.1 Å². The fraction of sp³-hybridized carbons (Fsp3) is 0.353. The number of nitrogens with one attached hydrogen (secondary N) is 1. The molecule has 25 heavy (non-hydrogen) atoms. The smallest absolute Gasteiger partial charge is 0.227 e. The van der Waals surface area contributed by atoms with Crippen LogP contribution in [0.3, 0.4) is 0 Å². The molecule has 8 nitrogen and oxygen atoms in total. The van der Waals surface area contributed by atoms with Gasteiger partial charge in [0, 0.05) is 26.3 Å². The highest BCUT2D eigenvalue weighted by molar-refractivity contribution is 5.55. The summed E-state index contributed by atoms with van der Waals surface area (Å²) in [4.78, 5) is 9.44. The molecular formula is C17H20N6O2. The third-order valence-corrected chi connectivity index (χ3v) is 4.26. The Kier molecular flexibility index (Phi) is 3.79. The molecule has 0 saturated heterocycles. The number of rotatable bonds is 4. The van der Waals surface area contributed by atoms with E-state index in [1.807, 2.05) is 48.7 Å². The number of fused-ring (bicyclic) bond motifs is 1. The summed E-state index contributed by atoms with van der Waals surface area (Å²) in [5.74, 6) is 3.10. The van der Waals surface area contributed by atoms with Crippen LogP contribution in [0.5, 0.6) is 11.5 Å². The minimum atomic E-state index is 0.585. The zero-order valence-electron chi connectivity index (χ0n) is 14.5. The highest BCUT2D eigenvalue weighted by Crippen LogP contribution is 2.31. The van der Waals surface area contributed by atoms with Gasteiger partial charge in [-0.2, -0.15) is 0 Å². The minimum absolute atomic E-state index is 0.585. The summed E-state index contributed by atoms with van der Waals surface area (Å²) in [7, 11) is 3.93. The Morgan fingerprint density at radius 3 is 2.76 bits per heavy atom. The van der Waals surface area contributed by atoms with Crippen molar-refractivity contribution in [2.45, 2.75) is 13.5 Å². The fourth-order valence-corrected chi connectivity index (χ4v) is 2.97. The molecule has 1 aromatic carbocycles. The van der Waals surface area contributed by atoms with Gasteiger partial charge in [0.15, 0.2) is 17.3 Å². The van der Waals surface area contributed by atoms with E-state index in [1.165, 1.54) is 0 Å². The Bertz CT molecular complexity index is 900. The van der Waals surface area contributed by atoms with Gasteiger partial charge in [-0.3, -0.25) is 4.57 Å². The molecule has 0 atom stereocenters. The number of anilines is 1. The predicted molar refractivity (Wildman–Crippen MR) is 92.9 cm³/mol. The molecule has 3 heterocycles. The van der Waals surface area contributed by atoms with Crippen LogP contribution in [0.15, 0.2) is 24.5 Å². The van der Waals surface area contributed by atoms with Crippen molar-refractivity contribution in [3.05, 3.63) is 35.8 Å². The Labute approximate surface area is 145 Å². The van der Waals surface area contributed by atoms with Gasteiger partial charge in [0.05, 0.1) is 6.33 Å². The van der Waals surface area contributed by atoms with E-state index in [2.05, 4.69) is 20.2 Å². The number of hydrogen-bond donors (Lipinski definition) is 1. The number of nitrogens with zero attached hydrogens (tertiary/aromatic N) is 5. The Morgan fingerprint density at radius 2 is 2.00 bits per heavy atom. The van der Waals surface area contributed by atoms with E-state index in [9.17, 15) is 0 Å². The van der Waals surface area contributed by atoms with E-state index >= 15 is 0 Å². The number of H-pyrrole nitrogens is 1. The lowest BCUT2D eigenvalue weighted by Gasteiger charge is -2.21. The van der Waals surface area contributed by atoms with Crippen LogP contribution >= 0.6 is 0 Å². The van der Waals surface area contributed by atoms with Crippen LogP contribution in [-0.2, 0) is 13.6 Å². The van der Waals surface area contributed by atoms with Crippen LogP contribution < -0.4 is 14.4 Å². The maximum Gasteiger partial charge on any atom is 0.227 e. The maximum absolute atomic E-state index is 5.65. The Balaban J connectivity index is 1.57. The summed E-state index contributed by atoms with van der Waals surface area (Å²) in [6.07, 6.45) is 1.66. The van der Waals surface area contributed by atoms with E-state index in [0.717, 1.165) is 40.2 Å². The average Bonchev–Trinajstić information content (AvgIpc) is 3.20. The predicted octanol–water partition coefficient (Wildman–Crippen LogP) is 1.92. The van der Waals surface area contributed by atoms with Crippen molar-refractivity contribution in [2.75, 3.05) is 25.2 Å². The number of aromatic amines is 1. The summed E-state index contributed by atoms with van der Waals surface area (Å²) >= 11 is 0. The van der Waals surface area contributed by atoms with Gasteiger partial charge in [0.2, 0.25) is 5.95 Å². The molecule has 0 saturated carbocycles. The van der Waals surface area contributed by atoms with Gasteiger partial charge >= 0.3 is 0 Å². The van der Waals surface area contributed by atoms with Crippen LogP contribution in [-0.4, -0.2) is 45.0 Å². The first-order valence-corrected chi connectivity index (χ1v) is 8.13. The summed E-state index contributed by atoms with van der Waals surface area (Å²) in [6.45, 7) is 3.83. The van der Waals surface area contributed by atoms with Gasteiger partial charge < -0.3 is 19.4 Å². The van der Waals surface area contributed by atoms with Crippen LogP contribution in [0.25, 0.3) is 11.5 Å². The van der Waals surface area contributed by atoms with Gasteiger partial charge in [0.25, 0.3) is 0 Å². The molecule has 0 fully saturated rings. The van der Waals surface area contributed by atoms with Crippen molar-refractivity contribution in [3.8, 4) is 23.0 Å². The van der Waals surface area contributed by atoms with Crippen molar-refractivity contribution in [1.82, 2.24) is 24.7 Å². The van der Waals surface area contributed by atoms with Crippen LogP contribution in [0.4, 0.5) is 5.95 Å². The molecule has 3 aromatic rings. The largest absolute Gasteiger partial charge is 0.486 e. The number of imidazole rings is 1. The molecule has 0 spiro atoms. The monoisotopic (exact) mass is 340 g/mol. The number of benzene rings is 1. The molecule has 0 unspecified atom stereocenters. The third kappa shape index (κ3) is 2.79. The summed E-state index contributed by atoms with van der Waals surface area (Å²) in [5, 5.41) is 8.62. The molecule has 1 aliphatic heterocycles. The number of aryl methyl sites for hydroxylation is 1. The molecule has 4 rings (SSSR count). The second-order valence-electron chi connectivity index (χ2n) is 6.09. The maximum atomic E-state index is 5.65. The Hall–Kier alpha value is -3.03. The molecule has 2 aromatic heterocycles. The molecule has 8 heteroatoms. The van der Waals surface area contributed by atoms with Crippen LogP contribution in [0.2, 0.25) is 0 Å². The molecule has 0 radical (unpaired) electrons. The Morgan fingerprint density at radius 1 is 1.20 bits per heavy atom. The summed E-state index contributed by atoms with van der Waals surface area (Å²) in [6, 6.07) is 6.01. The van der Waals surface area contributed by atoms with E-state index < -0.39 is 0 Å². The first-order chi connectivity index (χ1) is 12.1. The van der Waals surface area contributed by atoms with Crippen molar-refractivity contribution < 1.29 is 9.47 Å². The van der Waals surface area contributed by atoms with Gasteiger partial charge in [-0.15, -0.1) is 10.2 Å². The van der Waals surface area contributed by atoms with Gasteiger partial charge in [-0.25, -0.2) is 4.98 Å². The quantitative estimate of drug-likeness (QED) is 0.781. The molecule has 130 valence electrons. The lowest BCUT2D eigenvalue weighted by atomic mass is 10.2. The highest BCUT2D eigenvalue weighted by atomic mass is 16.6. The first kappa shape index (κ1) is 15.5. The van der Waals surface area contributed by atoms with Gasteiger partial charge in [-0.1, -0.05) is 6.07 Å². The standard InChI is InChI=1S/C17H20N6O2/c1-11-15(19-10-18-11)16-20-21-17(23(16)3)22(2)9-12-4-5-13-14(8-12)25-7-6-24-13/h4-5,8,10H,6-7,9H2,1-3H3,(H,18,19). The van der Waals surface area contributed by atoms with Crippen LogP contribution in [0, 0.1) is 6.92 Å². The zero-order chi connectivity index (χ0) is 17.4. The number of aromatic nitrogens is 5. The van der Waals surface area contributed by atoms with Crippen LogP contribution in [0.1, 0.15) is 11.3 Å². The van der Waals surface area contributed by atoms with Crippen molar-refractivity contribution >= 4 is 5.95 Å². The zero-order valence-corrected chi connectivity index (χ0v) is 14.5. The average molecular weight is 340 g/mol. The lowest BCUT2D eigenvalue weighted by molar-refractivity contribution is 0.171. The van der Waals surface area contributed by atoms with E-state index in [0.29, 0.717) is 19.8 Å². The van der Waals surface area contributed by atoms with Crippen molar-refractivity contribution in [2.24, 2.45) is 7.05 Å². The van der Waals surface area contributed by atoms with Gasteiger partial charge in [-0.05, 0) is 24.6 Å². The minimum Gasteiger partial charge on any atom is -0.486 e. The molecule has 0 aliphatic carbocycles. The van der Waals surface area contributed by atoms with Crippen molar-refractivity contribution in [3.63, 3.8) is 0 Å². The SMILES string of the molecule is Cc1[nH]cnc1-c1nnc(N(C)Cc2ccc3c(c2)OCCO3)n1C. The number of hydrogen-bond acceptors (Lipinski definition) is 6. The second-order valence-corrected chi connectivity index (χ2v) is 6.09. The lowest BCUT2D eigenvalue weighted by Crippen LogP contribution is -2.21. The van der Waals surface area contributed by atoms with E-state index in [4.69, 9.17) is 9.47 Å². The first-order valence-electron chi connectivity index (χ1n) is 8.13. The fourth-order valence-electron chi connectivity index (χ4n) is 2.97. The van der Waals surface area contributed by atoms with E-state index in [-0.39, 0.29) is 0 Å². The molecular weight excluding hydrogens is 320 g/mol. The molecule has 0 amide bonds. The highest BCUT2D eigenvalue weighted by Gasteiger charge is 2.18. The number of ether oxygens (including phenoxy) is 2.